The summed E-state index contributed by atoms with van der Waals surface area (Å²) in [6.45, 7) is 6.95. The van der Waals surface area contributed by atoms with Crippen LogP contribution in [0.2, 0.25) is 0 Å². The molecule has 0 heterocycles. The van der Waals surface area contributed by atoms with Crippen LogP contribution < -0.4 is 5.32 Å². The molecule has 0 fully saturated rings. The summed E-state index contributed by atoms with van der Waals surface area (Å²) in [4.78, 5) is 34.9. The third kappa shape index (κ3) is 4.54. The van der Waals surface area contributed by atoms with Gasteiger partial charge in [-0.15, -0.1) is 0 Å². The Balaban J connectivity index is 4.78. The maximum atomic E-state index is 11.8. The molecule has 5 nitrogen and oxygen atoms in total. The van der Waals surface area contributed by atoms with Crippen LogP contribution in [0, 0.1) is 11.8 Å². The highest BCUT2D eigenvalue weighted by atomic mass is 16.5. The minimum absolute atomic E-state index is 0.234. The Labute approximate surface area is 102 Å². The van der Waals surface area contributed by atoms with Gasteiger partial charge in [-0.3, -0.25) is 9.59 Å². The van der Waals surface area contributed by atoms with Gasteiger partial charge in [0.1, 0.15) is 0 Å². The fourth-order valence-electron chi connectivity index (χ4n) is 1.17. The normalized spacial score (nSPS) is 14.0. The molecule has 0 spiro atoms. The van der Waals surface area contributed by atoms with Crippen molar-refractivity contribution in [3.05, 3.63) is 0 Å². The maximum absolute atomic E-state index is 11.8. The van der Waals surface area contributed by atoms with Crippen LogP contribution >= 0.6 is 0 Å². The second-order valence-electron chi connectivity index (χ2n) is 4.33. The first-order valence-corrected chi connectivity index (χ1v) is 5.77. The molecule has 0 rings (SSSR count). The summed E-state index contributed by atoms with van der Waals surface area (Å²) in [5.41, 5.74) is 0. The monoisotopic (exact) mass is 243 g/mol. The Hall–Kier alpha value is -1.39. The lowest BCUT2D eigenvalue weighted by atomic mass is 10.0. The van der Waals surface area contributed by atoms with Crippen LogP contribution in [0.1, 0.15) is 34.1 Å². The number of amides is 1. The average molecular weight is 243 g/mol. The van der Waals surface area contributed by atoms with Crippen LogP contribution in [0.3, 0.4) is 0 Å². The zero-order chi connectivity index (χ0) is 13.6. The first kappa shape index (κ1) is 15.6. The molecule has 17 heavy (non-hydrogen) atoms. The molecule has 1 unspecified atom stereocenters. The van der Waals surface area contributed by atoms with Crippen molar-refractivity contribution in [1.29, 1.82) is 0 Å². The Bertz CT molecular complexity index is 299. The summed E-state index contributed by atoms with van der Waals surface area (Å²) >= 11 is 0. The molecule has 0 aromatic heterocycles. The van der Waals surface area contributed by atoms with Crippen molar-refractivity contribution in [2.45, 2.75) is 40.2 Å². The lowest BCUT2D eigenvalue weighted by Crippen LogP contribution is -2.50. The molecule has 0 radical (unpaired) electrons. The molecule has 0 aliphatic carbocycles. The largest absolute Gasteiger partial charge is 0.467 e. The maximum Gasteiger partial charge on any atom is 0.336 e. The number of ether oxygens (including phenoxy) is 1. The van der Waals surface area contributed by atoms with E-state index in [9.17, 15) is 14.4 Å². The molecule has 0 aromatic rings. The lowest BCUT2D eigenvalue weighted by molar-refractivity contribution is -0.149. The van der Waals surface area contributed by atoms with Gasteiger partial charge >= 0.3 is 5.97 Å². The Morgan fingerprint density at radius 2 is 1.71 bits per heavy atom. The summed E-state index contributed by atoms with van der Waals surface area (Å²) < 4.78 is 4.52. The van der Waals surface area contributed by atoms with E-state index in [1.807, 2.05) is 6.92 Å². The van der Waals surface area contributed by atoms with Crippen LogP contribution in [-0.2, 0) is 19.1 Å². The van der Waals surface area contributed by atoms with Gasteiger partial charge in [-0.2, -0.15) is 0 Å². The SMILES string of the molecule is CC[C@H](C)C(=O)NC(C(=O)OC)C(=O)C(C)C. The van der Waals surface area contributed by atoms with Crippen molar-refractivity contribution in [3.8, 4) is 0 Å². The van der Waals surface area contributed by atoms with Gasteiger partial charge in [-0.1, -0.05) is 27.7 Å². The quantitative estimate of drug-likeness (QED) is 0.556. The molecule has 0 aliphatic heterocycles. The smallest absolute Gasteiger partial charge is 0.336 e. The van der Waals surface area contributed by atoms with Gasteiger partial charge in [0, 0.05) is 11.8 Å². The first-order chi connectivity index (χ1) is 7.84. The van der Waals surface area contributed by atoms with E-state index >= 15 is 0 Å². The van der Waals surface area contributed by atoms with Gasteiger partial charge in [-0.25, -0.2) is 4.79 Å². The Morgan fingerprint density at radius 1 is 1.18 bits per heavy atom. The van der Waals surface area contributed by atoms with Crippen molar-refractivity contribution >= 4 is 17.7 Å². The minimum atomic E-state index is -1.19. The number of rotatable bonds is 6. The molecule has 98 valence electrons. The van der Waals surface area contributed by atoms with Gasteiger partial charge in [0.2, 0.25) is 5.91 Å². The predicted octanol–water partition coefficient (Wildman–Crippen LogP) is 0.915. The Kier molecular flexibility index (Phi) is 6.46. The van der Waals surface area contributed by atoms with Gasteiger partial charge in [0.25, 0.3) is 0 Å². The molecule has 1 N–H and O–H groups in total. The molecule has 0 saturated heterocycles. The number of nitrogens with one attached hydrogen (secondary N) is 1. The first-order valence-electron chi connectivity index (χ1n) is 5.77. The molecule has 0 aromatic carbocycles. The van der Waals surface area contributed by atoms with Crippen molar-refractivity contribution in [2.24, 2.45) is 11.8 Å². The van der Waals surface area contributed by atoms with Crippen LogP contribution in [0.25, 0.3) is 0 Å². The number of methoxy groups -OCH3 is 1. The Morgan fingerprint density at radius 3 is 2.06 bits per heavy atom. The zero-order valence-corrected chi connectivity index (χ0v) is 11.1. The second-order valence-corrected chi connectivity index (χ2v) is 4.33. The average Bonchev–Trinajstić information content (AvgIpc) is 2.32. The molecule has 0 saturated carbocycles. The fourth-order valence-corrected chi connectivity index (χ4v) is 1.17. The molecule has 0 aliphatic rings. The highest BCUT2D eigenvalue weighted by Gasteiger charge is 2.31. The summed E-state index contributed by atoms with van der Waals surface area (Å²) in [7, 11) is 1.19. The number of esters is 1. The van der Waals surface area contributed by atoms with E-state index in [0.717, 1.165) is 0 Å². The number of carbonyl (C=O) groups is 3. The number of Topliss-reactive ketones (excluding diaryl/α,β-unsaturated/α-hetero) is 1. The van der Waals surface area contributed by atoms with Crippen LogP contribution in [0.15, 0.2) is 0 Å². The van der Waals surface area contributed by atoms with Crippen molar-refractivity contribution < 1.29 is 19.1 Å². The molecular formula is C12H21NO4. The van der Waals surface area contributed by atoms with Crippen molar-refractivity contribution in [2.75, 3.05) is 7.11 Å². The zero-order valence-electron chi connectivity index (χ0n) is 11.1. The van der Waals surface area contributed by atoms with E-state index in [0.29, 0.717) is 6.42 Å². The van der Waals surface area contributed by atoms with Crippen LogP contribution in [-0.4, -0.2) is 30.8 Å². The van der Waals surface area contributed by atoms with E-state index in [1.165, 1.54) is 7.11 Å². The standard InChI is InChI=1S/C12H21NO4/c1-6-8(4)11(15)13-9(12(16)17-5)10(14)7(2)3/h7-9H,6H2,1-5H3,(H,13,15)/t8-,9?/m0/s1. The lowest BCUT2D eigenvalue weighted by Gasteiger charge is -2.19. The van der Waals surface area contributed by atoms with Gasteiger partial charge in [-0.05, 0) is 6.42 Å². The molecule has 2 atom stereocenters. The van der Waals surface area contributed by atoms with Gasteiger partial charge in [0.15, 0.2) is 11.8 Å². The van der Waals surface area contributed by atoms with Gasteiger partial charge in [0.05, 0.1) is 7.11 Å². The van der Waals surface area contributed by atoms with Crippen LogP contribution in [0.5, 0.6) is 0 Å². The van der Waals surface area contributed by atoms with E-state index < -0.39 is 12.0 Å². The summed E-state index contributed by atoms with van der Waals surface area (Å²) in [5.74, 6) is -1.94. The number of ketones is 1. The van der Waals surface area contributed by atoms with E-state index in [1.54, 1.807) is 20.8 Å². The molecule has 1 amide bonds. The topological polar surface area (TPSA) is 72.5 Å². The van der Waals surface area contributed by atoms with Gasteiger partial charge < -0.3 is 10.1 Å². The highest BCUT2D eigenvalue weighted by Crippen LogP contribution is 2.05. The van der Waals surface area contributed by atoms with E-state index in [2.05, 4.69) is 10.1 Å². The summed E-state index contributed by atoms with van der Waals surface area (Å²) in [6, 6.07) is -1.19. The van der Waals surface area contributed by atoms with E-state index in [4.69, 9.17) is 0 Å². The molecular weight excluding hydrogens is 222 g/mol. The minimum Gasteiger partial charge on any atom is -0.467 e. The summed E-state index contributed by atoms with van der Waals surface area (Å²) in [5, 5.41) is 2.44. The van der Waals surface area contributed by atoms with Crippen molar-refractivity contribution in [3.63, 3.8) is 0 Å². The van der Waals surface area contributed by atoms with Crippen LogP contribution in [0.4, 0.5) is 0 Å². The molecule has 0 bridgehead atoms. The van der Waals surface area contributed by atoms with E-state index in [-0.39, 0.29) is 23.5 Å². The number of hydrogen-bond acceptors (Lipinski definition) is 4. The number of hydrogen-bond donors (Lipinski definition) is 1. The predicted molar refractivity (Wildman–Crippen MR) is 63.2 cm³/mol. The number of carbonyl (C=O) groups excluding carboxylic acids is 3. The highest BCUT2D eigenvalue weighted by molar-refractivity contribution is 6.06. The third-order valence-corrected chi connectivity index (χ3v) is 2.64. The third-order valence-electron chi connectivity index (χ3n) is 2.64. The van der Waals surface area contributed by atoms with Crippen molar-refractivity contribution in [1.82, 2.24) is 5.32 Å². The second kappa shape index (κ2) is 7.04. The summed E-state index contributed by atoms with van der Waals surface area (Å²) in [6.07, 6.45) is 0.648. The molecule has 5 heteroatoms. The fraction of sp³-hybridized carbons (Fsp3) is 0.750.